The molecule has 688 valence electrons. The van der Waals surface area contributed by atoms with Crippen LogP contribution in [0.1, 0.15) is 113 Å². The molecule has 2 aliphatic heterocycles. The standard InChI is InChI=1S/C7H7BrN3OP.C7H8BrN2O2P.C7H5ClN2O.2C7H7N3O.C7H9N2O2P.C7H6N2O2.C6H5IO3.C6H5N3O3.C6H7NO3.2Br2.Cl3OP.N3.H3N.Na.H2S/c1-3-4(8)5-6(12-3)7(11-13)10-2-9-5;1-3-4(8)5-6(11-3)7(12-13)10-2-9-5;3*1-4-2-5-6(11-4)7(8)10-3-9-5;1-4-2-5-6(10-4)7(11-12)9-3-8-5;1-4-2-5-6(11-4)7(10)9-3-8-5;1-3-2-4(7)5(10-3)6(8)9;1-3-2-4(8-9-7)5(12-3)6(10)11;1-3-2-4(7)5(10-3)6(8)9;2*1-2;1-5(2,3)4;1-3-2;;;/h2H,13H2,1H3,(H,9,10,11);2,7H,13H2,1H3,(H,9,10);2-3H,1H3;2*2-3H,1H3,(H2,8,9,10);2-3,7H,12H2,1H3,(H,8,9);2-3H,1H3,(H,8,9,10);2H,1H3,(H,8,9);2H,1H3,(H,10,11);2H,7H2,1H3,(H,8,9);;;;;1H3;;1H2/q;;;;;;;;;;;;;-1;;+1;. The van der Waals surface area contributed by atoms with Crippen LogP contribution in [0.3, 0.4) is 0 Å². The molecule has 0 aromatic carbocycles. The first-order valence-electron chi connectivity index (χ1n) is 33.4. The quantitative estimate of drug-likeness (QED) is 0.0134. The zero-order chi connectivity index (χ0) is 94.6. The third-order valence-corrected chi connectivity index (χ3v) is 18.0. The van der Waals surface area contributed by atoms with E-state index in [1.54, 1.807) is 52.5 Å². The molecular formula is C67H71Br6Cl4IN25NaO20P4S. The van der Waals surface area contributed by atoms with E-state index in [-0.39, 0.29) is 95.9 Å². The van der Waals surface area contributed by atoms with E-state index in [9.17, 15) is 23.7 Å². The van der Waals surface area contributed by atoms with E-state index >= 15 is 0 Å². The number of aromatic amines is 1. The van der Waals surface area contributed by atoms with E-state index in [4.69, 9.17) is 114 Å². The number of aromatic nitrogens is 10. The van der Waals surface area contributed by atoms with Gasteiger partial charge in [-0.05, 0) is 184 Å². The summed E-state index contributed by atoms with van der Waals surface area (Å²) in [5, 5.41) is 34.5. The fourth-order valence-corrected chi connectivity index (χ4v) is 11.8. The molecule has 0 aliphatic carbocycles. The fraction of sp³-hybridized carbons (Fsp3) is 0.179. The Bertz CT molecular complexity index is 6180. The van der Waals surface area contributed by atoms with Gasteiger partial charge in [-0.15, -0.1) is 0 Å². The molecule has 5 atom stereocenters. The molecule has 0 amide bonds. The Morgan fingerprint density at radius 2 is 0.969 bits per heavy atom. The number of carboxylic acids is 3. The van der Waals surface area contributed by atoms with Gasteiger partial charge in [0, 0.05) is 117 Å². The zero-order valence-corrected chi connectivity index (χ0v) is 90.0. The SMILES string of the molecule is BrBr.BrBr.Cc1cc(I)c(C(=O)O)o1.Cc1cc(N)c(C(=O)O)o1.Cc1cc(N=[N+]=[N-])c(C(=O)O)o1.Cc1cc2c(o1)C(OP)N=CN2.Cc1cc2nc[nH]c(=O)c2o1.Cc1cc2ncnc(Cl)c2o1.Cc1cc2ncnc(N)c2o1.Cc1cc2ncnc(N)c2o1.Cc1oc2c(NP)ncnc2c1Br.Cc1oc2c(c1Br)NC=NC2OP.N.O=P(Cl)(Cl)Cl.S.[N-]=[N+]=[N-].[Na+]. The maximum Gasteiger partial charge on any atom is 1.00 e. The van der Waals surface area contributed by atoms with Gasteiger partial charge in [0.2, 0.25) is 35.3 Å². The van der Waals surface area contributed by atoms with Crippen LogP contribution in [0, 0.1) is 72.8 Å². The number of H-pyrrole nitrogens is 1. The number of anilines is 6. The molecule has 5 unspecified atom stereocenters. The first-order chi connectivity index (χ1) is 59.6. The molecule has 0 saturated heterocycles. The Labute approximate surface area is 844 Å². The number of nitrogen functional groups attached to an aromatic ring is 3. The summed E-state index contributed by atoms with van der Waals surface area (Å²) in [7, 11) is 6.73. The molecule has 45 nitrogen and oxygen atoms in total. The summed E-state index contributed by atoms with van der Waals surface area (Å²) in [5.74, 6) is 6.09. The van der Waals surface area contributed by atoms with Crippen LogP contribution < -0.4 is 74.2 Å². The molecule has 15 aromatic rings. The van der Waals surface area contributed by atoms with Crippen LogP contribution in [-0.4, -0.2) is 95.7 Å². The number of azide groups is 1. The summed E-state index contributed by atoms with van der Waals surface area (Å²) >= 11 is 39.3. The van der Waals surface area contributed by atoms with Crippen LogP contribution >= 0.6 is 203 Å². The molecule has 0 radical (unpaired) electrons. The second kappa shape index (κ2) is 59.5. The number of carboxylic acid groups (broad SMARTS) is 3. The Morgan fingerprint density at radius 1 is 0.558 bits per heavy atom. The molecule has 0 spiro atoms. The first-order valence-corrected chi connectivity index (χ1v) is 49.8. The third-order valence-electron chi connectivity index (χ3n) is 14.2. The number of furan rings is 10. The van der Waals surface area contributed by atoms with Gasteiger partial charge in [-0.3, -0.25) is 14.3 Å². The molecule has 17 heterocycles. The van der Waals surface area contributed by atoms with Crippen molar-refractivity contribution >= 4 is 330 Å². The number of nitrogens with zero attached hydrogens (tertiary/aromatic N) is 17. The number of halogens is 11. The predicted octanol–water partition coefficient (Wildman–Crippen LogP) is 21.5. The predicted molar refractivity (Wildman–Crippen MR) is 530 cm³/mol. The van der Waals surface area contributed by atoms with E-state index in [2.05, 4.69) is 236 Å². The molecule has 0 bridgehead atoms. The van der Waals surface area contributed by atoms with Crippen molar-refractivity contribution in [1.82, 2.24) is 56.0 Å². The van der Waals surface area contributed by atoms with Crippen LogP contribution in [-0.2, 0) is 13.6 Å². The normalized spacial score (nSPS) is 11.6. The van der Waals surface area contributed by atoms with Crippen LogP contribution in [0.25, 0.3) is 81.9 Å². The van der Waals surface area contributed by atoms with E-state index in [1.807, 2.05) is 88.4 Å². The van der Waals surface area contributed by atoms with Gasteiger partial charge < -0.3 is 124 Å². The molecule has 62 heteroatoms. The Morgan fingerprint density at radius 3 is 1.40 bits per heavy atom. The summed E-state index contributed by atoms with van der Waals surface area (Å²) in [5.41, 5.74) is 46.0. The van der Waals surface area contributed by atoms with Crippen molar-refractivity contribution in [1.29, 1.82) is 0 Å². The number of hydrogen-bond acceptors (Lipinski definition) is 36. The van der Waals surface area contributed by atoms with Crippen molar-refractivity contribution in [3.05, 3.63) is 221 Å². The average Bonchev–Trinajstić information content (AvgIpc) is 1.65. The van der Waals surface area contributed by atoms with Gasteiger partial charge >= 0.3 is 52.7 Å². The van der Waals surface area contributed by atoms with Gasteiger partial charge in [-0.1, -0.05) is 16.7 Å². The second-order valence-electron chi connectivity index (χ2n) is 23.2. The minimum atomic E-state index is -3.22. The summed E-state index contributed by atoms with van der Waals surface area (Å²) in [6.07, 6.45) is 9.61. The number of nitrogens with two attached hydrogens (primary N) is 3. The van der Waals surface area contributed by atoms with E-state index in [0.29, 0.717) is 88.4 Å². The maximum absolute atomic E-state index is 11.0. The van der Waals surface area contributed by atoms with Crippen LogP contribution in [0.4, 0.5) is 40.2 Å². The smallest absolute Gasteiger partial charge is 0.475 e. The van der Waals surface area contributed by atoms with Crippen molar-refractivity contribution in [2.75, 3.05) is 32.9 Å². The fourth-order valence-electron chi connectivity index (χ4n) is 9.47. The van der Waals surface area contributed by atoms with Crippen LogP contribution in [0.2, 0.25) is 5.15 Å². The largest absolute Gasteiger partial charge is 1.00 e. The number of aromatic carboxylic acids is 3. The molecule has 17 rings (SSSR count). The minimum absolute atomic E-state index is 0. The molecular weight excluding hydrogens is 2400 g/mol. The number of hydrogen-bond donors (Lipinski definition) is 11. The minimum Gasteiger partial charge on any atom is -0.475 e. The van der Waals surface area contributed by atoms with Gasteiger partial charge in [0.1, 0.15) is 116 Å². The van der Waals surface area contributed by atoms with Gasteiger partial charge in [0.25, 0.3) is 5.56 Å². The Balaban J connectivity index is 0.000000705. The van der Waals surface area contributed by atoms with E-state index in [1.165, 1.54) is 48.7 Å². The molecule has 16 N–H and O–H groups in total. The number of nitrogens with one attached hydrogen (secondary N) is 4. The van der Waals surface area contributed by atoms with Gasteiger partial charge in [0.05, 0.1) is 48.6 Å². The van der Waals surface area contributed by atoms with Gasteiger partial charge in [-0.25, -0.2) is 69.2 Å². The number of aryl methyl sites for hydroxylation is 10. The number of carbonyl (C=O) groups is 3. The molecule has 0 fully saturated rings. The maximum atomic E-state index is 11.0. The monoisotopic (exact) mass is 2460 g/mol. The van der Waals surface area contributed by atoms with E-state index < -0.39 is 23.1 Å². The second-order valence-corrected chi connectivity index (χ2v) is 33.8. The van der Waals surface area contributed by atoms with Gasteiger partial charge in [-0.2, -0.15) is 13.5 Å². The van der Waals surface area contributed by atoms with E-state index in [0.717, 1.165) is 82.7 Å². The number of fused-ring (bicyclic) bond motifs is 7. The zero-order valence-electron chi connectivity index (χ0n) is 68.0. The van der Waals surface area contributed by atoms with Crippen molar-refractivity contribution < 1.29 is 117 Å². The van der Waals surface area contributed by atoms with Crippen LogP contribution in [0.15, 0.2) is 153 Å². The third kappa shape index (κ3) is 37.5. The topological polar surface area (TPSA) is 709 Å². The summed E-state index contributed by atoms with van der Waals surface area (Å²) in [4.78, 5) is 91.8. The summed E-state index contributed by atoms with van der Waals surface area (Å²) in [6, 6.07) is 13.6. The Hall–Kier alpha value is -8.01. The molecule has 129 heavy (non-hydrogen) atoms. The van der Waals surface area contributed by atoms with Crippen molar-refractivity contribution in [3.8, 4) is 0 Å². The molecule has 0 saturated carbocycles. The van der Waals surface area contributed by atoms with Gasteiger partial charge in [0.15, 0.2) is 56.5 Å². The number of aliphatic imine (C=N–C) groups is 2. The van der Waals surface area contributed by atoms with Crippen molar-refractivity contribution in [3.63, 3.8) is 0 Å². The Kier molecular flexibility index (Phi) is 54.9. The molecule has 15 aromatic heterocycles. The van der Waals surface area contributed by atoms with Crippen molar-refractivity contribution in [2.24, 2.45) is 15.1 Å². The van der Waals surface area contributed by atoms with Crippen molar-refractivity contribution in [2.45, 2.75) is 81.7 Å². The summed E-state index contributed by atoms with van der Waals surface area (Å²) < 4.78 is 73.6. The van der Waals surface area contributed by atoms with Crippen LogP contribution in [0.5, 0.6) is 0 Å². The average molecular weight is 2470 g/mol. The number of rotatable bonds is 7. The molecule has 2 aliphatic rings. The summed E-state index contributed by atoms with van der Waals surface area (Å²) in [6.45, 7) is 17.9. The first kappa shape index (κ1) is 119.